The fraction of sp³-hybridized carbons (Fsp3) is 0.500. The Balaban J connectivity index is 3.91. The van der Waals surface area contributed by atoms with Crippen LogP contribution < -0.4 is 10.6 Å². The molecule has 4 heteroatoms. The van der Waals surface area contributed by atoms with Gasteiger partial charge in [-0.25, -0.2) is 0 Å². The quantitative estimate of drug-likeness (QED) is 0.405. The van der Waals surface area contributed by atoms with Crippen LogP contribution in [-0.2, 0) is 4.79 Å². The molecular formula is C6H12N2OS. The van der Waals surface area contributed by atoms with Crippen molar-refractivity contribution in [2.45, 2.75) is 6.92 Å². The smallest absolute Gasteiger partial charge is 0.267 e. The molecule has 0 unspecified atom stereocenters. The number of carbonyl (C=O) groups excluding carboxylic acids is 1. The molecule has 0 aromatic heterocycles. The van der Waals surface area contributed by atoms with Crippen molar-refractivity contribution in [1.29, 1.82) is 0 Å². The number of thiol groups is 1. The average Bonchev–Trinajstić information content (AvgIpc) is 1.91. The first kappa shape index (κ1) is 9.36. The molecule has 0 spiro atoms. The third-order valence-corrected chi connectivity index (χ3v) is 1.24. The minimum atomic E-state index is -0.125. The summed E-state index contributed by atoms with van der Waals surface area (Å²) < 4.78 is 0. The lowest BCUT2D eigenvalue weighted by atomic mass is 10.4. The zero-order valence-corrected chi connectivity index (χ0v) is 7.03. The van der Waals surface area contributed by atoms with Gasteiger partial charge in [0.05, 0.1) is 0 Å². The minimum Gasteiger partial charge on any atom is -0.383 e. The van der Waals surface area contributed by atoms with E-state index in [4.69, 9.17) is 0 Å². The van der Waals surface area contributed by atoms with Gasteiger partial charge in [-0.15, -0.1) is 12.6 Å². The molecule has 2 N–H and O–H groups in total. The van der Waals surface area contributed by atoms with Gasteiger partial charge < -0.3 is 10.6 Å². The molecule has 0 bridgehead atoms. The van der Waals surface area contributed by atoms with Crippen LogP contribution in [0.3, 0.4) is 0 Å². The van der Waals surface area contributed by atoms with Gasteiger partial charge in [0.1, 0.15) is 5.70 Å². The van der Waals surface area contributed by atoms with Gasteiger partial charge in [0.2, 0.25) is 0 Å². The largest absolute Gasteiger partial charge is 0.383 e. The Bertz CT molecular complexity index is 145. The molecule has 1 amide bonds. The minimum absolute atomic E-state index is 0.125. The molecule has 58 valence electrons. The number of carbonyl (C=O) groups is 1. The van der Waals surface area contributed by atoms with Crippen molar-refractivity contribution in [2.24, 2.45) is 0 Å². The maximum atomic E-state index is 10.9. The van der Waals surface area contributed by atoms with Gasteiger partial charge in [-0.1, -0.05) is 0 Å². The van der Waals surface area contributed by atoms with E-state index in [0.717, 1.165) is 0 Å². The molecule has 10 heavy (non-hydrogen) atoms. The normalized spacial score (nSPS) is 10.9. The zero-order chi connectivity index (χ0) is 7.98. The van der Waals surface area contributed by atoms with E-state index in [-0.39, 0.29) is 5.91 Å². The van der Waals surface area contributed by atoms with Crippen molar-refractivity contribution in [3.63, 3.8) is 0 Å². The second-order valence-corrected chi connectivity index (χ2v) is 1.91. The molecule has 0 aliphatic heterocycles. The topological polar surface area (TPSA) is 41.1 Å². The first-order chi connectivity index (χ1) is 4.76. The maximum Gasteiger partial charge on any atom is 0.267 e. The fourth-order valence-electron chi connectivity index (χ4n) is 0.492. The van der Waals surface area contributed by atoms with Gasteiger partial charge in [-0.05, 0) is 12.3 Å². The van der Waals surface area contributed by atoms with Crippen LogP contribution >= 0.6 is 12.6 Å². The van der Waals surface area contributed by atoms with Gasteiger partial charge >= 0.3 is 0 Å². The van der Waals surface area contributed by atoms with E-state index >= 15 is 0 Å². The summed E-state index contributed by atoms with van der Waals surface area (Å²) >= 11 is 3.84. The molecule has 0 aliphatic carbocycles. The number of likely N-dealkylation sites (N-methyl/N-ethyl adjacent to an activating group) is 2. The number of nitrogens with one attached hydrogen (secondary N) is 2. The zero-order valence-electron chi connectivity index (χ0n) is 6.14. The second-order valence-electron chi connectivity index (χ2n) is 1.65. The van der Waals surface area contributed by atoms with Crippen LogP contribution in [0.2, 0.25) is 0 Å². The first-order valence-corrected chi connectivity index (χ1v) is 3.58. The SMILES string of the molecule is CCNC(=O)/C(=C/S)NC. The van der Waals surface area contributed by atoms with Crippen molar-refractivity contribution in [3.05, 3.63) is 11.1 Å². The molecule has 0 atom stereocenters. The van der Waals surface area contributed by atoms with Crippen molar-refractivity contribution in [3.8, 4) is 0 Å². The molecule has 0 aromatic carbocycles. The lowest BCUT2D eigenvalue weighted by Crippen LogP contribution is -2.29. The molecule has 0 aromatic rings. The van der Waals surface area contributed by atoms with Gasteiger partial charge in [0, 0.05) is 13.6 Å². The van der Waals surface area contributed by atoms with E-state index < -0.39 is 0 Å². The molecule has 0 aliphatic rings. The van der Waals surface area contributed by atoms with Crippen molar-refractivity contribution < 1.29 is 4.79 Å². The fourth-order valence-corrected chi connectivity index (χ4v) is 0.739. The van der Waals surface area contributed by atoms with Gasteiger partial charge in [-0.3, -0.25) is 4.79 Å². The van der Waals surface area contributed by atoms with Crippen molar-refractivity contribution in [2.75, 3.05) is 13.6 Å². The van der Waals surface area contributed by atoms with E-state index in [1.54, 1.807) is 7.05 Å². The Hall–Kier alpha value is -0.640. The van der Waals surface area contributed by atoms with E-state index in [9.17, 15) is 4.79 Å². The highest BCUT2D eigenvalue weighted by atomic mass is 32.1. The molecule has 0 rings (SSSR count). The predicted molar refractivity (Wildman–Crippen MR) is 44.8 cm³/mol. The van der Waals surface area contributed by atoms with E-state index in [1.807, 2.05) is 6.92 Å². The van der Waals surface area contributed by atoms with Gasteiger partial charge in [0.15, 0.2) is 0 Å². The Labute approximate surface area is 66.3 Å². The van der Waals surface area contributed by atoms with E-state index in [1.165, 1.54) is 5.41 Å². The highest BCUT2D eigenvalue weighted by Gasteiger charge is 2.02. The molecule has 0 radical (unpaired) electrons. The Morgan fingerprint density at radius 1 is 1.70 bits per heavy atom. The second kappa shape index (κ2) is 5.17. The number of hydrogen-bond acceptors (Lipinski definition) is 3. The van der Waals surface area contributed by atoms with Gasteiger partial charge in [0.25, 0.3) is 5.91 Å². The van der Waals surface area contributed by atoms with Crippen LogP contribution in [0.25, 0.3) is 0 Å². The Morgan fingerprint density at radius 2 is 2.30 bits per heavy atom. The lowest BCUT2D eigenvalue weighted by Gasteiger charge is -2.03. The number of amides is 1. The molecule has 3 nitrogen and oxygen atoms in total. The molecule has 0 saturated carbocycles. The summed E-state index contributed by atoms with van der Waals surface area (Å²) in [5.74, 6) is -0.125. The third-order valence-electron chi connectivity index (χ3n) is 0.980. The summed E-state index contributed by atoms with van der Waals surface area (Å²) in [5.41, 5.74) is 0.477. The Morgan fingerprint density at radius 3 is 2.60 bits per heavy atom. The van der Waals surface area contributed by atoms with Crippen LogP contribution in [0.5, 0.6) is 0 Å². The van der Waals surface area contributed by atoms with Crippen LogP contribution in [0.4, 0.5) is 0 Å². The summed E-state index contributed by atoms with van der Waals surface area (Å²) in [6, 6.07) is 0. The van der Waals surface area contributed by atoms with Crippen molar-refractivity contribution >= 4 is 18.5 Å². The molecule has 0 saturated heterocycles. The highest BCUT2D eigenvalue weighted by Crippen LogP contribution is 1.89. The van der Waals surface area contributed by atoms with Crippen LogP contribution in [-0.4, -0.2) is 19.5 Å². The van der Waals surface area contributed by atoms with Crippen molar-refractivity contribution in [1.82, 2.24) is 10.6 Å². The monoisotopic (exact) mass is 160 g/mol. The van der Waals surface area contributed by atoms with Gasteiger partial charge in [-0.2, -0.15) is 0 Å². The maximum absolute atomic E-state index is 10.9. The standard InChI is InChI=1S/C6H12N2OS/c1-3-8-6(9)5(4-10)7-2/h4,7,10H,3H2,1-2H3,(H,8,9)/b5-4-. The van der Waals surface area contributed by atoms with Crippen LogP contribution in [0.1, 0.15) is 6.92 Å². The van der Waals surface area contributed by atoms with E-state index in [0.29, 0.717) is 12.2 Å². The van der Waals surface area contributed by atoms with E-state index in [2.05, 4.69) is 23.3 Å². The molecule has 0 heterocycles. The lowest BCUT2D eigenvalue weighted by molar-refractivity contribution is -0.117. The summed E-state index contributed by atoms with van der Waals surface area (Å²) in [7, 11) is 1.68. The van der Waals surface area contributed by atoms with Crippen LogP contribution in [0, 0.1) is 0 Å². The summed E-state index contributed by atoms with van der Waals surface area (Å²) in [4.78, 5) is 10.9. The summed E-state index contributed by atoms with van der Waals surface area (Å²) in [5, 5.41) is 6.77. The third kappa shape index (κ3) is 2.77. The predicted octanol–water partition coefficient (Wildman–Crippen LogP) is 0.113. The number of hydrogen-bond donors (Lipinski definition) is 3. The highest BCUT2D eigenvalue weighted by molar-refractivity contribution is 7.83. The summed E-state index contributed by atoms with van der Waals surface area (Å²) in [6.45, 7) is 2.50. The molecular weight excluding hydrogens is 148 g/mol. The Kier molecular flexibility index (Phi) is 4.84. The molecule has 0 fully saturated rings. The summed E-state index contributed by atoms with van der Waals surface area (Å²) in [6.07, 6.45) is 0. The first-order valence-electron chi connectivity index (χ1n) is 3.06. The number of rotatable bonds is 3. The average molecular weight is 160 g/mol. The van der Waals surface area contributed by atoms with Crippen LogP contribution in [0.15, 0.2) is 11.1 Å².